The molecule has 0 fully saturated rings. The van der Waals surface area contributed by atoms with E-state index in [2.05, 4.69) is 118 Å². The van der Waals surface area contributed by atoms with Crippen LogP contribution in [0.3, 0.4) is 0 Å². The number of carbonyl (C=O) groups is 3. The van der Waals surface area contributed by atoms with Gasteiger partial charge in [0.15, 0.2) is 6.10 Å². The van der Waals surface area contributed by atoms with E-state index >= 15 is 0 Å². The molecule has 0 radical (unpaired) electrons. The highest BCUT2D eigenvalue weighted by atomic mass is 16.6. The maximum absolute atomic E-state index is 12.8. The molecule has 0 heterocycles. The summed E-state index contributed by atoms with van der Waals surface area (Å²) in [6.45, 7) is 6.35. The Balaban J connectivity index is 4.00. The summed E-state index contributed by atoms with van der Waals surface area (Å²) in [7, 11) is 0. The maximum Gasteiger partial charge on any atom is 0.306 e. The number of carbonyl (C=O) groups excluding carboxylic acids is 3. The van der Waals surface area contributed by atoms with Crippen LogP contribution in [-0.2, 0) is 28.6 Å². The molecule has 6 heteroatoms. The molecule has 6 nitrogen and oxygen atoms in total. The second kappa shape index (κ2) is 61.9. The molecular weight excluding hydrogens is 913 g/mol. The largest absolute Gasteiger partial charge is 0.462 e. The first kappa shape index (κ1) is 70.3. The lowest BCUT2D eigenvalue weighted by atomic mass is 10.0. The van der Waals surface area contributed by atoms with Gasteiger partial charge in [-0.2, -0.15) is 0 Å². The number of ether oxygens (including phenoxy) is 3. The van der Waals surface area contributed by atoms with Crippen molar-refractivity contribution in [2.75, 3.05) is 13.2 Å². The molecule has 1 atom stereocenters. The SMILES string of the molecule is CC/C=C\C/C=C\C/C=C\C/C=C\CCCCCCCCCCCCCCCCCCCCCCC(=O)OCC(COC(=O)CCCCCCCC)OC(=O)CCCCCC/C=C\C/C=C\C/C=C\C/C=C\CC. The molecule has 0 saturated heterocycles. The Morgan fingerprint density at radius 3 is 0.824 bits per heavy atom. The molecule has 0 aromatic heterocycles. The van der Waals surface area contributed by atoms with Gasteiger partial charge in [-0.3, -0.25) is 14.4 Å². The molecule has 0 rings (SSSR count). The van der Waals surface area contributed by atoms with Gasteiger partial charge in [-0.1, -0.05) is 279 Å². The summed E-state index contributed by atoms with van der Waals surface area (Å²) in [5, 5.41) is 0. The number of unbranched alkanes of at least 4 members (excludes halogenated alkanes) is 29. The van der Waals surface area contributed by atoms with Crippen LogP contribution in [0.4, 0.5) is 0 Å². The summed E-state index contributed by atoms with van der Waals surface area (Å²) in [5.74, 6) is -0.910. The van der Waals surface area contributed by atoms with Crippen molar-refractivity contribution in [1.29, 1.82) is 0 Å². The van der Waals surface area contributed by atoms with E-state index in [0.29, 0.717) is 19.3 Å². The summed E-state index contributed by atoms with van der Waals surface area (Å²) in [6, 6.07) is 0. The first-order valence-corrected chi connectivity index (χ1v) is 31.2. The highest BCUT2D eigenvalue weighted by Crippen LogP contribution is 2.17. The minimum Gasteiger partial charge on any atom is -0.462 e. The van der Waals surface area contributed by atoms with Crippen molar-refractivity contribution in [2.24, 2.45) is 0 Å². The van der Waals surface area contributed by atoms with Crippen molar-refractivity contribution in [3.05, 3.63) is 97.2 Å². The van der Waals surface area contributed by atoms with Crippen LogP contribution in [0.1, 0.15) is 297 Å². The van der Waals surface area contributed by atoms with E-state index in [0.717, 1.165) is 122 Å². The first-order chi connectivity index (χ1) is 36.5. The van der Waals surface area contributed by atoms with Crippen molar-refractivity contribution in [2.45, 2.75) is 303 Å². The number of hydrogen-bond acceptors (Lipinski definition) is 6. The Bertz CT molecular complexity index is 1460. The van der Waals surface area contributed by atoms with Crippen LogP contribution in [0.25, 0.3) is 0 Å². The Hall–Kier alpha value is -3.67. The zero-order valence-corrected chi connectivity index (χ0v) is 48.6. The van der Waals surface area contributed by atoms with Gasteiger partial charge in [-0.05, 0) is 96.3 Å². The predicted octanol–water partition coefficient (Wildman–Crippen LogP) is 21.3. The zero-order valence-electron chi connectivity index (χ0n) is 48.6. The highest BCUT2D eigenvalue weighted by molar-refractivity contribution is 5.71. The molecule has 0 aliphatic carbocycles. The molecular formula is C68H116O6. The smallest absolute Gasteiger partial charge is 0.306 e. The summed E-state index contributed by atoms with van der Waals surface area (Å²) in [6.07, 6.45) is 83.2. The van der Waals surface area contributed by atoms with Gasteiger partial charge < -0.3 is 14.2 Å². The summed E-state index contributed by atoms with van der Waals surface area (Å²) >= 11 is 0. The number of allylic oxidation sites excluding steroid dienone is 16. The third-order valence-corrected chi connectivity index (χ3v) is 13.3. The minimum atomic E-state index is -0.785. The van der Waals surface area contributed by atoms with Crippen molar-refractivity contribution in [1.82, 2.24) is 0 Å². The van der Waals surface area contributed by atoms with Crippen LogP contribution in [0.5, 0.6) is 0 Å². The Labute approximate surface area is 457 Å². The second-order valence-corrected chi connectivity index (χ2v) is 20.6. The fourth-order valence-electron chi connectivity index (χ4n) is 8.72. The van der Waals surface area contributed by atoms with Crippen LogP contribution in [0.15, 0.2) is 97.2 Å². The van der Waals surface area contributed by atoms with E-state index in [1.54, 1.807) is 0 Å². The van der Waals surface area contributed by atoms with Crippen molar-refractivity contribution in [3.63, 3.8) is 0 Å². The van der Waals surface area contributed by atoms with E-state index in [4.69, 9.17) is 14.2 Å². The van der Waals surface area contributed by atoms with Crippen LogP contribution in [-0.4, -0.2) is 37.2 Å². The molecule has 424 valence electrons. The number of esters is 3. The standard InChI is InChI=1S/C68H116O6/c1-4-7-10-13-16-18-20-22-24-26-27-28-29-30-31-32-33-34-35-36-37-38-39-40-41-43-44-46-48-50-52-55-58-61-67(70)73-64-65(63-72-66(69)60-57-54-15-12-9-6-3)74-68(71)62-59-56-53-51-49-47-45-42-25-23-21-19-17-14-11-8-5-2/h7-8,10-11,16-19,22-25,27-28,45,47,65H,4-6,9,12-15,20-21,26,29-44,46,48-64H2,1-3H3/b10-7-,11-8-,18-16-,19-17-,24-22-,25-23-,28-27-,47-45-. The topological polar surface area (TPSA) is 78.9 Å². The third kappa shape index (κ3) is 59.2. The summed E-state index contributed by atoms with van der Waals surface area (Å²) in [5.41, 5.74) is 0. The van der Waals surface area contributed by atoms with E-state index in [9.17, 15) is 14.4 Å². The van der Waals surface area contributed by atoms with E-state index in [1.807, 2.05) is 0 Å². The third-order valence-electron chi connectivity index (χ3n) is 13.3. The molecule has 0 bridgehead atoms. The monoisotopic (exact) mass is 1030 g/mol. The second-order valence-electron chi connectivity index (χ2n) is 20.6. The van der Waals surface area contributed by atoms with Gasteiger partial charge in [0.1, 0.15) is 13.2 Å². The Morgan fingerprint density at radius 2 is 0.527 bits per heavy atom. The molecule has 0 N–H and O–H groups in total. The fraction of sp³-hybridized carbons (Fsp3) is 0.721. The Morgan fingerprint density at radius 1 is 0.284 bits per heavy atom. The van der Waals surface area contributed by atoms with Gasteiger partial charge >= 0.3 is 17.9 Å². The van der Waals surface area contributed by atoms with E-state index < -0.39 is 6.10 Å². The fourth-order valence-corrected chi connectivity index (χ4v) is 8.72. The summed E-state index contributed by atoms with van der Waals surface area (Å²) in [4.78, 5) is 37.9. The molecule has 0 spiro atoms. The maximum atomic E-state index is 12.8. The average molecular weight is 1030 g/mol. The molecule has 74 heavy (non-hydrogen) atoms. The normalized spacial score (nSPS) is 12.7. The molecule has 0 aliphatic rings. The van der Waals surface area contributed by atoms with Crippen LogP contribution in [0, 0.1) is 0 Å². The predicted molar refractivity (Wildman–Crippen MR) is 320 cm³/mol. The van der Waals surface area contributed by atoms with Gasteiger partial charge in [0, 0.05) is 19.3 Å². The molecule has 0 aromatic carbocycles. The minimum absolute atomic E-state index is 0.0843. The van der Waals surface area contributed by atoms with Crippen molar-refractivity contribution >= 4 is 17.9 Å². The molecule has 0 saturated carbocycles. The van der Waals surface area contributed by atoms with E-state index in [-0.39, 0.29) is 31.1 Å². The lowest BCUT2D eigenvalue weighted by molar-refractivity contribution is -0.167. The van der Waals surface area contributed by atoms with Crippen LogP contribution >= 0.6 is 0 Å². The van der Waals surface area contributed by atoms with E-state index in [1.165, 1.54) is 135 Å². The van der Waals surface area contributed by atoms with Gasteiger partial charge in [0.2, 0.25) is 0 Å². The number of hydrogen-bond donors (Lipinski definition) is 0. The van der Waals surface area contributed by atoms with Crippen molar-refractivity contribution in [3.8, 4) is 0 Å². The summed E-state index contributed by atoms with van der Waals surface area (Å²) < 4.78 is 16.8. The Kier molecular flexibility index (Phi) is 58.8. The molecule has 0 aromatic rings. The van der Waals surface area contributed by atoms with Crippen LogP contribution in [0.2, 0.25) is 0 Å². The zero-order chi connectivity index (χ0) is 53.6. The molecule has 1 unspecified atom stereocenters. The van der Waals surface area contributed by atoms with Gasteiger partial charge in [-0.15, -0.1) is 0 Å². The molecule has 0 aliphatic heterocycles. The first-order valence-electron chi connectivity index (χ1n) is 31.2. The van der Waals surface area contributed by atoms with Gasteiger partial charge in [0.05, 0.1) is 0 Å². The average Bonchev–Trinajstić information content (AvgIpc) is 3.40. The lowest BCUT2D eigenvalue weighted by Crippen LogP contribution is -2.30. The van der Waals surface area contributed by atoms with Gasteiger partial charge in [0.25, 0.3) is 0 Å². The highest BCUT2D eigenvalue weighted by Gasteiger charge is 2.19. The van der Waals surface area contributed by atoms with Gasteiger partial charge in [-0.25, -0.2) is 0 Å². The lowest BCUT2D eigenvalue weighted by Gasteiger charge is -2.18. The molecule has 0 amide bonds. The number of rotatable bonds is 56. The quantitative estimate of drug-likeness (QED) is 0.0261. The van der Waals surface area contributed by atoms with Crippen molar-refractivity contribution < 1.29 is 28.6 Å². The van der Waals surface area contributed by atoms with Crippen LogP contribution < -0.4 is 0 Å².